The molecule has 0 radical (unpaired) electrons. The first-order chi connectivity index (χ1) is 12.5. The highest BCUT2D eigenvalue weighted by molar-refractivity contribution is 7.14. The summed E-state index contributed by atoms with van der Waals surface area (Å²) >= 11 is 7.57. The average molecular weight is 388 g/mol. The number of nitro groups is 1. The van der Waals surface area contributed by atoms with E-state index >= 15 is 0 Å². The number of thiazole rings is 1. The fraction of sp³-hybridized carbons (Fsp3) is 0.211. The third-order valence-corrected chi connectivity index (χ3v) is 5.30. The third-order valence-electron chi connectivity index (χ3n) is 4.21. The molecule has 0 aliphatic carbocycles. The molecule has 3 aromatic rings. The second-order valence-electron chi connectivity index (χ2n) is 5.92. The second-order valence-corrected chi connectivity index (χ2v) is 7.20. The fourth-order valence-electron chi connectivity index (χ4n) is 2.60. The first-order valence-electron chi connectivity index (χ1n) is 8.24. The molecule has 0 fully saturated rings. The number of hydrogen-bond acceptors (Lipinski definition) is 5. The van der Waals surface area contributed by atoms with Gasteiger partial charge in [-0.2, -0.15) is 0 Å². The van der Waals surface area contributed by atoms with E-state index in [-0.39, 0.29) is 11.7 Å². The zero-order valence-electron chi connectivity index (χ0n) is 14.4. The van der Waals surface area contributed by atoms with Crippen LogP contribution in [0.25, 0.3) is 11.3 Å². The number of non-ortho nitro benzene ring substituents is 1. The molecule has 1 aromatic heterocycles. The smallest absolute Gasteiger partial charge is 0.269 e. The first-order valence-corrected chi connectivity index (χ1v) is 9.50. The molecule has 0 bridgehead atoms. The van der Waals surface area contributed by atoms with E-state index in [0.717, 1.165) is 28.5 Å². The molecule has 134 valence electrons. The minimum Gasteiger partial charge on any atom is -0.315 e. The molecule has 3 rings (SSSR count). The third kappa shape index (κ3) is 3.86. The van der Waals surface area contributed by atoms with Crippen LogP contribution in [0.2, 0.25) is 5.02 Å². The highest BCUT2D eigenvalue weighted by Crippen LogP contribution is 2.35. The molecular weight excluding hydrogens is 370 g/mol. The minimum atomic E-state index is -0.401. The van der Waals surface area contributed by atoms with Crippen LogP contribution in [0.3, 0.4) is 0 Å². The van der Waals surface area contributed by atoms with Crippen LogP contribution >= 0.6 is 22.9 Å². The van der Waals surface area contributed by atoms with Crippen molar-refractivity contribution in [1.29, 1.82) is 0 Å². The Labute approximate surface area is 161 Å². The summed E-state index contributed by atoms with van der Waals surface area (Å²) in [5.41, 5.74) is 2.78. The van der Waals surface area contributed by atoms with Crippen LogP contribution in [0, 0.1) is 10.1 Å². The molecule has 1 heterocycles. The van der Waals surface area contributed by atoms with Crippen LogP contribution in [0.15, 0.2) is 53.9 Å². The van der Waals surface area contributed by atoms with Crippen molar-refractivity contribution in [2.75, 3.05) is 4.90 Å². The number of nitrogens with zero attached hydrogens (tertiary/aromatic N) is 3. The van der Waals surface area contributed by atoms with Gasteiger partial charge in [0.05, 0.1) is 10.6 Å². The lowest BCUT2D eigenvalue weighted by Crippen LogP contribution is -2.27. The monoisotopic (exact) mass is 387 g/mol. The summed E-state index contributed by atoms with van der Waals surface area (Å²) in [5.74, 6) is 0. The van der Waals surface area contributed by atoms with Gasteiger partial charge in [0.25, 0.3) is 5.69 Å². The zero-order chi connectivity index (χ0) is 18.7. The second kappa shape index (κ2) is 7.85. The molecule has 1 unspecified atom stereocenters. The highest BCUT2D eigenvalue weighted by atomic mass is 35.5. The lowest BCUT2D eigenvalue weighted by molar-refractivity contribution is -0.384. The summed E-state index contributed by atoms with van der Waals surface area (Å²) < 4.78 is 0. The SMILES string of the molecule is CCC(C)N(c1ccc(Cl)cc1)c1nc(-c2ccc([N+](=O)[O-])cc2)cs1. The number of hydrogen-bond donors (Lipinski definition) is 0. The van der Waals surface area contributed by atoms with Gasteiger partial charge in [0, 0.05) is 39.8 Å². The van der Waals surface area contributed by atoms with Crippen LogP contribution in [0.1, 0.15) is 20.3 Å². The standard InChI is InChI=1S/C19H18ClN3O2S/c1-3-13(2)22(16-10-6-15(20)7-11-16)19-21-18(12-26-19)14-4-8-17(9-5-14)23(24)25/h4-13H,3H2,1-2H3. The molecular formula is C19H18ClN3O2S. The van der Waals surface area contributed by atoms with Gasteiger partial charge in [0.1, 0.15) is 0 Å². The maximum Gasteiger partial charge on any atom is 0.269 e. The number of nitro benzene ring substituents is 1. The van der Waals surface area contributed by atoms with Crippen molar-refractivity contribution in [2.45, 2.75) is 26.3 Å². The van der Waals surface area contributed by atoms with Crippen molar-refractivity contribution < 1.29 is 4.92 Å². The van der Waals surface area contributed by atoms with Gasteiger partial charge in [-0.25, -0.2) is 4.98 Å². The van der Waals surface area contributed by atoms with E-state index in [1.807, 2.05) is 29.6 Å². The molecule has 26 heavy (non-hydrogen) atoms. The summed E-state index contributed by atoms with van der Waals surface area (Å²) in [6, 6.07) is 14.4. The molecule has 2 aromatic carbocycles. The molecule has 5 nitrogen and oxygen atoms in total. The van der Waals surface area contributed by atoms with Crippen LogP contribution in [-0.4, -0.2) is 15.9 Å². The Kier molecular flexibility index (Phi) is 5.54. The average Bonchev–Trinajstić information content (AvgIpc) is 3.13. The summed E-state index contributed by atoms with van der Waals surface area (Å²) in [4.78, 5) is 17.4. The Morgan fingerprint density at radius 3 is 2.42 bits per heavy atom. The van der Waals surface area contributed by atoms with Crippen LogP contribution in [-0.2, 0) is 0 Å². The summed E-state index contributed by atoms with van der Waals surface area (Å²) in [6.45, 7) is 4.29. The molecule has 0 aliphatic heterocycles. The number of halogens is 1. The van der Waals surface area contributed by atoms with E-state index in [9.17, 15) is 10.1 Å². The topological polar surface area (TPSA) is 59.3 Å². The predicted octanol–water partition coefficient (Wildman–Crippen LogP) is 6.31. The molecule has 7 heteroatoms. The van der Waals surface area contributed by atoms with Gasteiger partial charge in [-0.3, -0.25) is 10.1 Å². The number of anilines is 2. The van der Waals surface area contributed by atoms with Gasteiger partial charge in [0.2, 0.25) is 0 Å². The molecule has 0 N–H and O–H groups in total. The number of aromatic nitrogens is 1. The maximum atomic E-state index is 10.8. The van der Waals surface area contributed by atoms with Gasteiger partial charge in [0.15, 0.2) is 5.13 Å². The Morgan fingerprint density at radius 2 is 1.85 bits per heavy atom. The van der Waals surface area contributed by atoms with E-state index in [2.05, 4.69) is 18.7 Å². The van der Waals surface area contributed by atoms with Gasteiger partial charge < -0.3 is 4.90 Å². The number of rotatable bonds is 6. The predicted molar refractivity (Wildman–Crippen MR) is 108 cm³/mol. The maximum absolute atomic E-state index is 10.8. The van der Waals surface area contributed by atoms with E-state index < -0.39 is 4.92 Å². The summed E-state index contributed by atoms with van der Waals surface area (Å²) in [7, 11) is 0. The lowest BCUT2D eigenvalue weighted by atomic mass is 10.1. The largest absolute Gasteiger partial charge is 0.315 e. The van der Waals surface area contributed by atoms with Crippen molar-refractivity contribution in [3.8, 4) is 11.3 Å². The van der Waals surface area contributed by atoms with Gasteiger partial charge in [-0.1, -0.05) is 18.5 Å². The Hall–Kier alpha value is -2.44. The van der Waals surface area contributed by atoms with E-state index in [1.165, 1.54) is 12.1 Å². The van der Waals surface area contributed by atoms with Crippen LogP contribution in [0.5, 0.6) is 0 Å². The van der Waals surface area contributed by atoms with Crippen molar-refractivity contribution in [1.82, 2.24) is 4.98 Å². The van der Waals surface area contributed by atoms with Crippen LogP contribution < -0.4 is 4.90 Å². The van der Waals surface area contributed by atoms with E-state index in [4.69, 9.17) is 16.6 Å². The first kappa shape index (κ1) is 18.4. The molecule has 0 spiro atoms. The van der Waals surface area contributed by atoms with Crippen molar-refractivity contribution in [3.05, 3.63) is 69.0 Å². The van der Waals surface area contributed by atoms with Gasteiger partial charge in [-0.15, -0.1) is 11.3 Å². The molecule has 0 saturated carbocycles. The van der Waals surface area contributed by atoms with Crippen molar-refractivity contribution in [3.63, 3.8) is 0 Å². The molecule has 0 aliphatic rings. The Morgan fingerprint density at radius 1 is 1.19 bits per heavy atom. The van der Waals surface area contributed by atoms with Crippen molar-refractivity contribution >= 4 is 39.4 Å². The lowest BCUT2D eigenvalue weighted by Gasteiger charge is -2.28. The molecule has 1 atom stereocenters. The summed E-state index contributed by atoms with van der Waals surface area (Å²) in [5, 5.41) is 14.4. The summed E-state index contributed by atoms with van der Waals surface area (Å²) in [6.07, 6.45) is 0.967. The minimum absolute atomic E-state index is 0.0756. The molecule has 0 saturated heterocycles. The highest BCUT2D eigenvalue weighted by Gasteiger charge is 2.19. The quantitative estimate of drug-likeness (QED) is 0.367. The zero-order valence-corrected chi connectivity index (χ0v) is 16.0. The van der Waals surface area contributed by atoms with E-state index in [1.54, 1.807) is 23.5 Å². The Bertz CT molecular complexity index is 894. The normalized spacial score (nSPS) is 12.0. The fourth-order valence-corrected chi connectivity index (χ4v) is 3.68. The van der Waals surface area contributed by atoms with Gasteiger partial charge >= 0.3 is 0 Å². The Balaban J connectivity index is 1.94. The van der Waals surface area contributed by atoms with Crippen LogP contribution in [0.4, 0.5) is 16.5 Å². The van der Waals surface area contributed by atoms with E-state index in [0.29, 0.717) is 5.02 Å². The number of benzene rings is 2. The van der Waals surface area contributed by atoms with Crippen molar-refractivity contribution in [2.24, 2.45) is 0 Å². The molecule has 0 amide bonds. The van der Waals surface area contributed by atoms with Gasteiger partial charge in [-0.05, 0) is 49.7 Å².